The van der Waals surface area contributed by atoms with Crippen molar-refractivity contribution in [1.82, 2.24) is 9.97 Å². The minimum absolute atomic E-state index is 0.353. The topological polar surface area (TPSA) is 47.0 Å². The van der Waals surface area contributed by atoms with Crippen LogP contribution in [-0.4, -0.2) is 29.7 Å². The summed E-state index contributed by atoms with van der Waals surface area (Å²) in [6.45, 7) is 11.1. The first-order chi connectivity index (χ1) is 9.13. The van der Waals surface area contributed by atoms with Gasteiger partial charge in [-0.25, -0.2) is 9.97 Å². The third kappa shape index (κ3) is 3.24. The summed E-state index contributed by atoms with van der Waals surface area (Å²) >= 11 is 0. The standard InChI is InChI=1S/C15H25N3O/c1-5-16-15-13(10(2)3)11(4)17-14(18-15)12-7-6-8-19-9-12/h10,12H,5-9H2,1-4H3,(H,16,17,18). The fourth-order valence-corrected chi connectivity index (χ4v) is 2.72. The van der Waals surface area contributed by atoms with Crippen molar-refractivity contribution >= 4 is 5.82 Å². The minimum Gasteiger partial charge on any atom is -0.381 e. The molecule has 2 heterocycles. The van der Waals surface area contributed by atoms with Gasteiger partial charge in [0.2, 0.25) is 0 Å². The molecule has 1 aromatic rings. The van der Waals surface area contributed by atoms with Crippen molar-refractivity contribution in [3.05, 3.63) is 17.1 Å². The number of aryl methyl sites for hydroxylation is 1. The van der Waals surface area contributed by atoms with E-state index in [2.05, 4.69) is 33.0 Å². The maximum Gasteiger partial charge on any atom is 0.136 e. The molecule has 1 unspecified atom stereocenters. The number of anilines is 1. The molecule has 0 saturated carbocycles. The summed E-state index contributed by atoms with van der Waals surface area (Å²) in [6.07, 6.45) is 2.24. The Balaban J connectivity index is 2.35. The zero-order chi connectivity index (χ0) is 13.8. The predicted octanol–water partition coefficient (Wildman–Crippen LogP) is 3.23. The van der Waals surface area contributed by atoms with Gasteiger partial charge in [0.25, 0.3) is 0 Å². The molecule has 0 aromatic carbocycles. The molecule has 1 atom stereocenters. The molecular formula is C15H25N3O. The number of nitrogens with one attached hydrogen (secondary N) is 1. The summed E-state index contributed by atoms with van der Waals surface area (Å²) in [6, 6.07) is 0. The normalized spacial score (nSPS) is 19.7. The maximum absolute atomic E-state index is 5.55. The van der Waals surface area contributed by atoms with Gasteiger partial charge in [-0.3, -0.25) is 0 Å². The van der Waals surface area contributed by atoms with E-state index in [1.165, 1.54) is 5.56 Å². The van der Waals surface area contributed by atoms with Crippen LogP contribution in [0.5, 0.6) is 0 Å². The van der Waals surface area contributed by atoms with E-state index in [0.717, 1.165) is 49.9 Å². The van der Waals surface area contributed by atoms with Crippen molar-refractivity contribution in [2.45, 2.75) is 52.4 Å². The second-order valence-corrected chi connectivity index (χ2v) is 5.53. The summed E-state index contributed by atoms with van der Waals surface area (Å²) in [5.41, 5.74) is 2.34. The Bertz CT molecular complexity index is 426. The molecule has 1 aliphatic rings. The molecule has 1 aromatic heterocycles. The fourth-order valence-electron chi connectivity index (χ4n) is 2.72. The van der Waals surface area contributed by atoms with Crippen LogP contribution in [0.3, 0.4) is 0 Å². The molecule has 1 aliphatic heterocycles. The van der Waals surface area contributed by atoms with E-state index in [0.29, 0.717) is 11.8 Å². The lowest BCUT2D eigenvalue weighted by Gasteiger charge is -2.23. The van der Waals surface area contributed by atoms with Crippen molar-refractivity contribution in [1.29, 1.82) is 0 Å². The number of ether oxygens (including phenoxy) is 1. The average Bonchev–Trinajstić information content (AvgIpc) is 2.39. The summed E-state index contributed by atoms with van der Waals surface area (Å²) in [4.78, 5) is 9.50. The highest BCUT2D eigenvalue weighted by Gasteiger charge is 2.22. The van der Waals surface area contributed by atoms with Crippen molar-refractivity contribution in [3.63, 3.8) is 0 Å². The number of nitrogens with zero attached hydrogens (tertiary/aromatic N) is 2. The summed E-state index contributed by atoms with van der Waals surface area (Å²) < 4.78 is 5.55. The first-order valence-electron chi connectivity index (χ1n) is 7.33. The van der Waals surface area contributed by atoms with Crippen LogP contribution in [0, 0.1) is 6.92 Å². The molecule has 0 amide bonds. The maximum atomic E-state index is 5.55. The number of hydrogen-bond acceptors (Lipinski definition) is 4. The van der Waals surface area contributed by atoms with E-state index in [4.69, 9.17) is 14.7 Å². The lowest BCUT2D eigenvalue weighted by Crippen LogP contribution is -2.20. The number of rotatable bonds is 4. The zero-order valence-electron chi connectivity index (χ0n) is 12.5. The van der Waals surface area contributed by atoms with E-state index in [-0.39, 0.29) is 0 Å². The smallest absolute Gasteiger partial charge is 0.136 e. The SMILES string of the molecule is CCNc1nc(C2CCCOC2)nc(C)c1C(C)C. The van der Waals surface area contributed by atoms with E-state index < -0.39 is 0 Å². The summed E-state index contributed by atoms with van der Waals surface area (Å²) in [5, 5.41) is 3.39. The molecule has 0 aliphatic carbocycles. The largest absolute Gasteiger partial charge is 0.381 e. The van der Waals surface area contributed by atoms with Gasteiger partial charge in [0, 0.05) is 30.3 Å². The highest BCUT2D eigenvalue weighted by Crippen LogP contribution is 2.29. The van der Waals surface area contributed by atoms with Crippen LogP contribution in [0.15, 0.2) is 0 Å². The van der Waals surface area contributed by atoms with Gasteiger partial charge >= 0.3 is 0 Å². The van der Waals surface area contributed by atoms with Gasteiger partial charge < -0.3 is 10.1 Å². The summed E-state index contributed by atoms with van der Waals surface area (Å²) in [5.74, 6) is 2.74. The molecule has 4 nitrogen and oxygen atoms in total. The second-order valence-electron chi connectivity index (χ2n) is 5.53. The highest BCUT2D eigenvalue weighted by atomic mass is 16.5. The summed E-state index contributed by atoms with van der Waals surface area (Å²) in [7, 11) is 0. The Morgan fingerprint density at radius 2 is 2.16 bits per heavy atom. The van der Waals surface area contributed by atoms with Gasteiger partial charge in [-0.2, -0.15) is 0 Å². The monoisotopic (exact) mass is 263 g/mol. The molecule has 0 bridgehead atoms. The zero-order valence-corrected chi connectivity index (χ0v) is 12.5. The lowest BCUT2D eigenvalue weighted by molar-refractivity contribution is 0.0780. The van der Waals surface area contributed by atoms with Crippen LogP contribution < -0.4 is 5.32 Å². The van der Waals surface area contributed by atoms with Crippen molar-refractivity contribution in [2.24, 2.45) is 0 Å². The minimum atomic E-state index is 0.353. The molecule has 1 fully saturated rings. The molecular weight excluding hydrogens is 238 g/mol. The number of aromatic nitrogens is 2. The Morgan fingerprint density at radius 1 is 1.37 bits per heavy atom. The van der Waals surface area contributed by atoms with Crippen molar-refractivity contribution in [3.8, 4) is 0 Å². The molecule has 0 spiro atoms. The Labute approximate surface area is 116 Å². The van der Waals surface area contributed by atoms with E-state index >= 15 is 0 Å². The Kier molecular flexibility index (Phi) is 4.75. The molecule has 0 radical (unpaired) electrons. The first-order valence-corrected chi connectivity index (χ1v) is 7.33. The fraction of sp³-hybridized carbons (Fsp3) is 0.733. The van der Waals surface area contributed by atoms with Crippen LogP contribution in [-0.2, 0) is 4.74 Å². The van der Waals surface area contributed by atoms with Gasteiger partial charge in [0.1, 0.15) is 11.6 Å². The molecule has 106 valence electrons. The van der Waals surface area contributed by atoms with Gasteiger partial charge in [0.05, 0.1) is 6.61 Å². The molecule has 4 heteroatoms. The van der Waals surface area contributed by atoms with Crippen molar-refractivity contribution < 1.29 is 4.74 Å². The van der Waals surface area contributed by atoms with Gasteiger partial charge in [0.15, 0.2) is 0 Å². The highest BCUT2D eigenvalue weighted by molar-refractivity contribution is 5.48. The lowest BCUT2D eigenvalue weighted by atomic mass is 9.98. The van der Waals surface area contributed by atoms with E-state index in [1.807, 2.05) is 0 Å². The predicted molar refractivity (Wildman–Crippen MR) is 77.8 cm³/mol. The third-order valence-corrected chi connectivity index (χ3v) is 3.60. The second kappa shape index (κ2) is 6.33. The van der Waals surface area contributed by atoms with E-state index in [1.54, 1.807) is 0 Å². The molecule has 19 heavy (non-hydrogen) atoms. The Hall–Kier alpha value is -1.16. The van der Waals surface area contributed by atoms with Gasteiger partial charge in [-0.1, -0.05) is 13.8 Å². The third-order valence-electron chi connectivity index (χ3n) is 3.60. The Morgan fingerprint density at radius 3 is 2.74 bits per heavy atom. The molecule has 1 saturated heterocycles. The molecule has 1 N–H and O–H groups in total. The van der Waals surface area contributed by atoms with Crippen LogP contribution in [0.4, 0.5) is 5.82 Å². The quantitative estimate of drug-likeness (QED) is 0.906. The van der Waals surface area contributed by atoms with Crippen LogP contribution >= 0.6 is 0 Å². The van der Waals surface area contributed by atoms with Crippen LogP contribution in [0.1, 0.15) is 62.5 Å². The van der Waals surface area contributed by atoms with Gasteiger partial charge in [-0.05, 0) is 32.6 Å². The first kappa shape index (κ1) is 14.3. The van der Waals surface area contributed by atoms with Gasteiger partial charge in [-0.15, -0.1) is 0 Å². The molecule has 2 rings (SSSR count). The number of hydrogen-bond donors (Lipinski definition) is 1. The average molecular weight is 263 g/mol. The van der Waals surface area contributed by atoms with E-state index in [9.17, 15) is 0 Å². The van der Waals surface area contributed by atoms with Crippen molar-refractivity contribution in [2.75, 3.05) is 25.1 Å². The van der Waals surface area contributed by atoms with Crippen LogP contribution in [0.25, 0.3) is 0 Å². The van der Waals surface area contributed by atoms with Crippen LogP contribution in [0.2, 0.25) is 0 Å².